The van der Waals surface area contributed by atoms with Crippen molar-refractivity contribution in [2.75, 3.05) is 13.7 Å². The van der Waals surface area contributed by atoms with Crippen LogP contribution < -0.4 is 10.1 Å². The summed E-state index contributed by atoms with van der Waals surface area (Å²) in [4.78, 5) is 19.5. The average Bonchev–Trinajstić information content (AvgIpc) is 3.40. The van der Waals surface area contributed by atoms with E-state index in [9.17, 15) is 4.79 Å². The van der Waals surface area contributed by atoms with Crippen LogP contribution >= 0.6 is 0 Å². The summed E-state index contributed by atoms with van der Waals surface area (Å²) in [6.45, 7) is 9.99. The highest BCUT2D eigenvalue weighted by Gasteiger charge is 2.29. The van der Waals surface area contributed by atoms with Crippen LogP contribution in [-0.4, -0.2) is 45.1 Å². The molecule has 1 aromatic carbocycles. The van der Waals surface area contributed by atoms with E-state index in [4.69, 9.17) is 14.8 Å². The molecule has 3 heterocycles. The van der Waals surface area contributed by atoms with Crippen LogP contribution in [0.25, 0.3) is 5.65 Å². The normalized spacial score (nSPS) is 16.6. The number of amides is 1. The number of carbonyl (C=O) groups excluding carboxylic acids is 1. The number of hydrogen-bond acceptors (Lipinski definition) is 5. The number of aromatic nitrogens is 3. The topological polar surface area (TPSA) is 71.8 Å². The van der Waals surface area contributed by atoms with Gasteiger partial charge >= 0.3 is 0 Å². The molecule has 176 valence electrons. The van der Waals surface area contributed by atoms with Gasteiger partial charge in [0.2, 0.25) is 5.91 Å². The molecular formula is C26H35N5O2. The number of fused-ring (bicyclic) bond motifs is 1. The number of nitrogens with one attached hydrogen (secondary N) is 1. The van der Waals surface area contributed by atoms with E-state index in [1.54, 1.807) is 7.11 Å². The summed E-state index contributed by atoms with van der Waals surface area (Å²) in [7, 11) is 1.71. The zero-order chi connectivity index (χ0) is 23.5. The molecule has 7 heteroatoms. The average molecular weight is 450 g/mol. The lowest BCUT2D eigenvalue weighted by Crippen LogP contribution is -2.30. The molecule has 1 N–H and O–H groups in total. The maximum atomic E-state index is 12.2. The van der Waals surface area contributed by atoms with Crippen LogP contribution in [-0.2, 0) is 17.8 Å². The van der Waals surface area contributed by atoms with Crippen molar-refractivity contribution in [2.45, 2.75) is 72.0 Å². The summed E-state index contributed by atoms with van der Waals surface area (Å²) in [5.74, 6) is 0.963. The lowest BCUT2D eigenvalue weighted by atomic mass is 10.1. The van der Waals surface area contributed by atoms with Crippen molar-refractivity contribution >= 4 is 11.6 Å². The Labute approximate surface area is 196 Å². The lowest BCUT2D eigenvalue weighted by Gasteiger charge is -2.23. The van der Waals surface area contributed by atoms with Gasteiger partial charge in [0.05, 0.1) is 18.8 Å². The smallest absolute Gasteiger partial charge is 0.220 e. The van der Waals surface area contributed by atoms with Crippen LogP contribution in [0.15, 0.2) is 30.3 Å². The molecule has 1 atom stereocenters. The second-order valence-corrected chi connectivity index (χ2v) is 9.30. The van der Waals surface area contributed by atoms with Gasteiger partial charge in [-0.2, -0.15) is 5.10 Å². The quantitative estimate of drug-likeness (QED) is 0.559. The van der Waals surface area contributed by atoms with E-state index in [2.05, 4.69) is 35.3 Å². The van der Waals surface area contributed by atoms with Crippen LogP contribution in [0.1, 0.15) is 67.4 Å². The summed E-state index contributed by atoms with van der Waals surface area (Å²) in [6, 6.07) is 10.8. The molecule has 1 aliphatic heterocycles. The highest BCUT2D eigenvalue weighted by molar-refractivity contribution is 5.76. The van der Waals surface area contributed by atoms with Gasteiger partial charge in [0.1, 0.15) is 5.75 Å². The van der Waals surface area contributed by atoms with Crippen molar-refractivity contribution in [1.82, 2.24) is 24.8 Å². The molecule has 1 saturated heterocycles. The Kier molecular flexibility index (Phi) is 6.98. The summed E-state index contributed by atoms with van der Waals surface area (Å²) < 4.78 is 7.35. The first-order valence-electron chi connectivity index (χ1n) is 11.9. The van der Waals surface area contributed by atoms with Crippen molar-refractivity contribution in [3.63, 3.8) is 0 Å². The second kappa shape index (κ2) is 9.91. The number of ether oxygens (including phenoxy) is 1. The van der Waals surface area contributed by atoms with Gasteiger partial charge in [0.25, 0.3) is 0 Å². The summed E-state index contributed by atoms with van der Waals surface area (Å²) >= 11 is 0. The maximum Gasteiger partial charge on any atom is 0.220 e. The molecule has 1 aliphatic rings. The molecular weight excluding hydrogens is 414 g/mol. The largest absolute Gasteiger partial charge is 0.497 e. The predicted octanol–water partition coefficient (Wildman–Crippen LogP) is 4.15. The van der Waals surface area contributed by atoms with Gasteiger partial charge < -0.3 is 10.1 Å². The summed E-state index contributed by atoms with van der Waals surface area (Å²) in [5.41, 5.74) is 6.35. The highest BCUT2D eigenvalue weighted by atomic mass is 16.5. The molecule has 7 nitrogen and oxygen atoms in total. The maximum absolute atomic E-state index is 12.2. The van der Waals surface area contributed by atoms with Crippen molar-refractivity contribution < 1.29 is 9.53 Å². The fourth-order valence-corrected chi connectivity index (χ4v) is 4.86. The molecule has 1 unspecified atom stereocenters. The first-order chi connectivity index (χ1) is 15.9. The van der Waals surface area contributed by atoms with Crippen LogP contribution in [0.2, 0.25) is 0 Å². The van der Waals surface area contributed by atoms with Gasteiger partial charge in [-0.05, 0) is 76.8 Å². The Morgan fingerprint density at radius 3 is 2.85 bits per heavy atom. The number of hydrogen-bond donors (Lipinski definition) is 1. The van der Waals surface area contributed by atoms with Crippen molar-refractivity contribution in [3.05, 3.63) is 58.5 Å². The van der Waals surface area contributed by atoms with Crippen molar-refractivity contribution in [2.24, 2.45) is 0 Å². The van der Waals surface area contributed by atoms with Gasteiger partial charge in [0, 0.05) is 36.5 Å². The molecule has 0 aliphatic carbocycles. The van der Waals surface area contributed by atoms with E-state index in [0.29, 0.717) is 12.8 Å². The van der Waals surface area contributed by atoms with E-state index in [-0.39, 0.29) is 18.0 Å². The van der Waals surface area contributed by atoms with E-state index < -0.39 is 0 Å². The Morgan fingerprint density at radius 2 is 2.09 bits per heavy atom. The standard InChI is InChI=1S/C26H35N5O2/c1-17(2)27-26(32)12-11-22-18(3)28-25-15-23(29-31(25)19(22)4)24-10-7-13-30(24)16-20-8-6-9-21(14-20)33-5/h6,8-9,14-15,17,24H,7,10-13,16H2,1-5H3,(H,27,32). The number of methoxy groups -OCH3 is 1. The minimum absolute atomic E-state index is 0.0733. The van der Waals surface area contributed by atoms with Gasteiger partial charge in [-0.1, -0.05) is 12.1 Å². The molecule has 1 fully saturated rings. The van der Waals surface area contributed by atoms with Gasteiger partial charge in [-0.15, -0.1) is 0 Å². The fraction of sp³-hybridized carbons (Fsp3) is 0.500. The van der Waals surface area contributed by atoms with Crippen molar-refractivity contribution in [1.29, 1.82) is 0 Å². The first kappa shape index (κ1) is 23.2. The number of carbonyl (C=O) groups is 1. The molecule has 0 saturated carbocycles. The minimum atomic E-state index is 0.0733. The molecule has 1 amide bonds. The van der Waals surface area contributed by atoms with Crippen LogP contribution in [0.5, 0.6) is 5.75 Å². The minimum Gasteiger partial charge on any atom is -0.497 e. The molecule has 3 aromatic rings. The molecule has 4 rings (SSSR count). The van der Waals surface area contributed by atoms with Crippen LogP contribution in [0.4, 0.5) is 0 Å². The Morgan fingerprint density at radius 1 is 1.27 bits per heavy atom. The molecule has 0 bridgehead atoms. The first-order valence-corrected chi connectivity index (χ1v) is 11.9. The van der Waals surface area contributed by atoms with Crippen LogP contribution in [0, 0.1) is 13.8 Å². The predicted molar refractivity (Wildman–Crippen MR) is 129 cm³/mol. The zero-order valence-electron chi connectivity index (χ0n) is 20.4. The van der Waals surface area contributed by atoms with E-state index >= 15 is 0 Å². The van der Waals surface area contributed by atoms with Crippen LogP contribution in [0.3, 0.4) is 0 Å². The Bertz CT molecular complexity index is 1140. The van der Waals surface area contributed by atoms with Gasteiger partial charge in [-0.25, -0.2) is 9.50 Å². The molecule has 2 aromatic heterocycles. The van der Waals surface area contributed by atoms with E-state index in [1.807, 2.05) is 37.4 Å². The third-order valence-electron chi connectivity index (χ3n) is 6.46. The van der Waals surface area contributed by atoms with Gasteiger partial charge in [0.15, 0.2) is 5.65 Å². The lowest BCUT2D eigenvalue weighted by molar-refractivity contribution is -0.121. The zero-order valence-corrected chi connectivity index (χ0v) is 20.4. The highest BCUT2D eigenvalue weighted by Crippen LogP contribution is 2.33. The number of rotatable bonds is 8. The number of benzene rings is 1. The SMILES string of the molecule is COc1cccc(CN2CCCC2c2cc3nc(C)c(CCC(=O)NC(C)C)c(C)n3n2)c1. The third kappa shape index (κ3) is 5.19. The molecule has 0 radical (unpaired) electrons. The molecule has 0 spiro atoms. The third-order valence-corrected chi connectivity index (χ3v) is 6.46. The van der Waals surface area contributed by atoms with E-state index in [1.165, 1.54) is 5.56 Å². The second-order valence-electron chi connectivity index (χ2n) is 9.30. The van der Waals surface area contributed by atoms with E-state index in [0.717, 1.165) is 60.0 Å². The Balaban J connectivity index is 1.55. The number of aryl methyl sites for hydroxylation is 2. The number of nitrogens with zero attached hydrogens (tertiary/aromatic N) is 4. The number of likely N-dealkylation sites (tertiary alicyclic amines) is 1. The Hall–Kier alpha value is -2.93. The van der Waals surface area contributed by atoms with Gasteiger partial charge in [-0.3, -0.25) is 9.69 Å². The fourth-order valence-electron chi connectivity index (χ4n) is 4.86. The van der Waals surface area contributed by atoms with Crippen molar-refractivity contribution in [3.8, 4) is 5.75 Å². The monoisotopic (exact) mass is 449 g/mol. The molecule has 33 heavy (non-hydrogen) atoms. The summed E-state index contributed by atoms with van der Waals surface area (Å²) in [6.07, 6.45) is 3.37. The summed E-state index contributed by atoms with van der Waals surface area (Å²) in [5, 5.41) is 7.95.